The number of pyridine rings is 1. The second-order valence-electron chi connectivity index (χ2n) is 6.02. The molecule has 4 nitrogen and oxygen atoms in total. The minimum absolute atomic E-state index is 0.0398. The highest BCUT2D eigenvalue weighted by Crippen LogP contribution is 2.20. The molecule has 0 spiro atoms. The Morgan fingerprint density at radius 1 is 1.17 bits per heavy atom. The number of hydrogen-bond acceptors (Lipinski definition) is 3. The molecule has 1 unspecified atom stereocenters. The summed E-state index contributed by atoms with van der Waals surface area (Å²) in [5, 5.41) is 0. The smallest absolute Gasteiger partial charge is 0.258 e. The Balaban J connectivity index is 1.83. The minimum atomic E-state index is -0.0398. The highest BCUT2D eigenvalue weighted by atomic mass is 16.1. The number of aromatic nitrogens is 2. The van der Waals surface area contributed by atoms with Gasteiger partial charge in [0.05, 0.1) is 5.69 Å². The van der Waals surface area contributed by atoms with E-state index in [1.54, 1.807) is 16.7 Å². The van der Waals surface area contributed by atoms with E-state index in [2.05, 4.69) is 55.0 Å². The van der Waals surface area contributed by atoms with Gasteiger partial charge in [0.15, 0.2) is 0 Å². The van der Waals surface area contributed by atoms with Gasteiger partial charge in [-0.25, -0.2) is 4.98 Å². The van der Waals surface area contributed by atoms with Crippen LogP contribution in [0.3, 0.4) is 0 Å². The van der Waals surface area contributed by atoms with Crippen LogP contribution in [-0.2, 0) is 6.54 Å². The van der Waals surface area contributed by atoms with Crippen LogP contribution >= 0.6 is 0 Å². The summed E-state index contributed by atoms with van der Waals surface area (Å²) in [6, 6.07) is 16.0. The van der Waals surface area contributed by atoms with Crippen molar-refractivity contribution >= 4 is 5.65 Å². The quantitative estimate of drug-likeness (QED) is 0.743. The predicted octanol–water partition coefficient (Wildman–Crippen LogP) is 3.20. The number of aryl methyl sites for hydroxylation is 1. The summed E-state index contributed by atoms with van der Waals surface area (Å²) in [5.74, 6) is 0. The largest absolute Gasteiger partial charge is 0.294 e. The minimum Gasteiger partial charge on any atom is -0.294 e. The molecule has 0 bridgehead atoms. The summed E-state index contributed by atoms with van der Waals surface area (Å²) in [6.45, 7) is 4.89. The van der Waals surface area contributed by atoms with Gasteiger partial charge in [-0.3, -0.25) is 14.1 Å². The zero-order valence-electron chi connectivity index (χ0n) is 13.7. The molecule has 1 aromatic carbocycles. The lowest BCUT2D eigenvalue weighted by Crippen LogP contribution is -2.24. The summed E-state index contributed by atoms with van der Waals surface area (Å²) in [4.78, 5) is 19.0. The summed E-state index contributed by atoms with van der Waals surface area (Å²) in [5.41, 5.74) is 3.96. The molecule has 0 saturated carbocycles. The molecule has 2 heterocycles. The van der Waals surface area contributed by atoms with Crippen LogP contribution < -0.4 is 5.56 Å². The Labute approximate surface area is 136 Å². The van der Waals surface area contributed by atoms with E-state index in [1.165, 1.54) is 11.1 Å². The number of hydrogen-bond donors (Lipinski definition) is 0. The Kier molecular flexibility index (Phi) is 4.26. The van der Waals surface area contributed by atoms with Gasteiger partial charge in [-0.05, 0) is 38.6 Å². The molecule has 4 heteroatoms. The SMILES string of the molecule is Cc1ccc(C(C)N(C)Cc2cc(=O)n3ccccc3n2)cc1. The molecule has 0 radical (unpaired) electrons. The third-order valence-corrected chi connectivity index (χ3v) is 4.26. The van der Waals surface area contributed by atoms with Crippen LogP contribution in [-0.4, -0.2) is 21.3 Å². The first-order chi connectivity index (χ1) is 11.0. The standard InChI is InChI=1S/C19H21N3O/c1-14-7-9-16(10-8-14)15(2)21(3)13-17-12-19(23)22-11-5-4-6-18(22)20-17/h4-12,15H,13H2,1-3H3. The third kappa shape index (κ3) is 3.32. The fourth-order valence-electron chi connectivity index (χ4n) is 2.68. The zero-order valence-corrected chi connectivity index (χ0v) is 13.7. The van der Waals surface area contributed by atoms with E-state index >= 15 is 0 Å². The van der Waals surface area contributed by atoms with Crippen LogP contribution in [0.15, 0.2) is 59.5 Å². The maximum Gasteiger partial charge on any atom is 0.258 e. The molecule has 0 aliphatic carbocycles. The van der Waals surface area contributed by atoms with Crippen molar-refractivity contribution in [3.05, 3.63) is 81.9 Å². The van der Waals surface area contributed by atoms with Crippen molar-refractivity contribution in [2.24, 2.45) is 0 Å². The fourth-order valence-corrected chi connectivity index (χ4v) is 2.68. The molecule has 1 atom stereocenters. The molecule has 0 amide bonds. The Morgan fingerprint density at radius 2 is 1.91 bits per heavy atom. The first-order valence-corrected chi connectivity index (χ1v) is 7.79. The van der Waals surface area contributed by atoms with E-state index in [0.717, 1.165) is 5.69 Å². The number of rotatable bonds is 4. The molecule has 3 aromatic rings. The molecule has 0 fully saturated rings. The topological polar surface area (TPSA) is 37.6 Å². The average Bonchev–Trinajstić information content (AvgIpc) is 2.55. The van der Waals surface area contributed by atoms with Crippen molar-refractivity contribution in [3.8, 4) is 0 Å². The van der Waals surface area contributed by atoms with E-state index in [4.69, 9.17) is 0 Å². The van der Waals surface area contributed by atoms with Gasteiger partial charge in [-0.2, -0.15) is 0 Å². The normalized spacial score (nSPS) is 12.7. The molecular weight excluding hydrogens is 286 g/mol. The lowest BCUT2D eigenvalue weighted by molar-refractivity contribution is 0.250. The van der Waals surface area contributed by atoms with Gasteiger partial charge in [0.2, 0.25) is 0 Å². The van der Waals surface area contributed by atoms with Gasteiger partial charge in [-0.15, -0.1) is 0 Å². The second kappa shape index (κ2) is 6.34. The Morgan fingerprint density at radius 3 is 2.65 bits per heavy atom. The van der Waals surface area contributed by atoms with E-state index in [0.29, 0.717) is 12.2 Å². The summed E-state index contributed by atoms with van der Waals surface area (Å²) in [6.07, 6.45) is 1.74. The third-order valence-electron chi connectivity index (χ3n) is 4.26. The molecular formula is C19H21N3O. The molecule has 2 aromatic heterocycles. The van der Waals surface area contributed by atoms with E-state index in [-0.39, 0.29) is 11.6 Å². The van der Waals surface area contributed by atoms with Gasteiger partial charge in [0.25, 0.3) is 5.56 Å². The number of fused-ring (bicyclic) bond motifs is 1. The van der Waals surface area contributed by atoms with Gasteiger partial charge in [0, 0.05) is 24.8 Å². The molecule has 23 heavy (non-hydrogen) atoms. The van der Waals surface area contributed by atoms with Crippen molar-refractivity contribution < 1.29 is 0 Å². The van der Waals surface area contributed by atoms with Crippen LogP contribution in [0.2, 0.25) is 0 Å². The van der Waals surface area contributed by atoms with Crippen molar-refractivity contribution in [1.82, 2.24) is 14.3 Å². The van der Waals surface area contributed by atoms with E-state index in [1.807, 2.05) is 18.2 Å². The Hall–Kier alpha value is -2.46. The monoisotopic (exact) mass is 307 g/mol. The molecule has 0 aliphatic heterocycles. The van der Waals surface area contributed by atoms with Crippen molar-refractivity contribution in [1.29, 1.82) is 0 Å². The maximum absolute atomic E-state index is 12.2. The summed E-state index contributed by atoms with van der Waals surface area (Å²) >= 11 is 0. The molecule has 0 saturated heterocycles. The van der Waals surface area contributed by atoms with Gasteiger partial charge in [-0.1, -0.05) is 35.9 Å². The molecule has 118 valence electrons. The van der Waals surface area contributed by atoms with Crippen LogP contribution in [0.4, 0.5) is 0 Å². The summed E-state index contributed by atoms with van der Waals surface area (Å²) < 4.78 is 1.56. The van der Waals surface area contributed by atoms with Crippen molar-refractivity contribution in [2.75, 3.05) is 7.05 Å². The number of nitrogens with zero attached hydrogens (tertiary/aromatic N) is 3. The van der Waals surface area contributed by atoms with E-state index < -0.39 is 0 Å². The van der Waals surface area contributed by atoms with Gasteiger partial charge >= 0.3 is 0 Å². The van der Waals surface area contributed by atoms with Crippen molar-refractivity contribution in [2.45, 2.75) is 26.4 Å². The number of benzene rings is 1. The van der Waals surface area contributed by atoms with Crippen LogP contribution in [0.5, 0.6) is 0 Å². The highest BCUT2D eigenvalue weighted by molar-refractivity contribution is 5.38. The average molecular weight is 307 g/mol. The van der Waals surface area contributed by atoms with Crippen LogP contribution in [0.1, 0.15) is 29.8 Å². The Bertz CT molecular complexity index is 868. The lowest BCUT2D eigenvalue weighted by Gasteiger charge is -2.25. The fraction of sp³-hybridized carbons (Fsp3) is 0.263. The first kappa shape index (κ1) is 15.4. The van der Waals surface area contributed by atoms with Crippen molar-refractivity contribution in [3.63, 3.8) is 0 Å². The molecule has 3 rings (SSSR count). The predicted molar refractivity (Wildman–Crippen MR) is 92.5 cm³/mol. The molecule has 0 aliphatic rings. The maximum atomic E-state index is 12.2. The van der Waals surface area contributed by atoms with Crippen LogP contribution in [0, 0.1) is 6.92 Å². The zero-order chi connectivity index (χ0) is 16.4. The van der Waals surface area contributed by atoms with Gasteiger partial charge < -0.3 is 0 Å². The highest BCUT2D eigenvalue weighted by Gasteiger charge is 2.13. The lowest BCUT2D eigenvalue weighted by atomic mass is 10.1. The summed E-state index contributed by atoms with van der Waals surface area (Å²) in [7, 11) is 2.05. The van der Waals surface area contributed by atoms with E-state index in [9.17, 15) is 4.79 Å². The van der Waals surface area contributed by atoms with Crippen LogP contribution in [0.25, 0.3) is 5.65 Å². The molecule has 0 N–H and O–H groups in total. The first-order valence-electron chi connectivity index (χ1n) is 7.79. The second-order valence-corrected chi connectivity index (χ2v) is 6.02. The van der Waals surface area contributed by atoms with Gasteiger partial charge in [0.1, 0.15) is 5.65 Å².